The van der Waals surface area contributed by atoms with Gasteiger partial charge in [-0.1, -0.05) is 6.07 Å². The van der Waals surface area contributed by atoms with Crippen molar-refractivity contribution in [2.45, 2.75) is 20.0 Å². The summed E-state index contributed by atoms with van der Waals surface area (Å²) in [6.07, 6.45) is 0. The maximum Gasteiger partial charge on any atom is 0.317 e. The van der Waals surface area contributed by atoms with Crippen LogP contribution in [0.2, 0.25) is 0 Å². The zero-order valence-corrected chi connectivity index (χ0v) is 15.8. The Kier molecular flexibility index (Phi) is 6.94. The van der Waals surface area contributed by atoms with E-state index in [0.29, 0.717) is 36.9 Å². The Balaban J connectivity index is 2.05. The van der Waals surface area contributed by atoms with E-state index in [4.69, 9.17) is 14.2 Å². The number of hydrogen-bond acceptors (Lipinski definition) is 5. The van der Waals surface area contributed by atoms with Crippen LogP contribution in [-0.4, -0.2) is 38.8 Å². The third-order valence-corrected chi connectivity index (χ3v) is 4.63. The van der Waals surface area contributed by atoms with Gasteiger partial charge in [-0.2, -0.15) is 0 Å². The molecule has 1 aromatic heterocycles. The van der Waals surface area contributed by atoms with Crippen molar-refractivity contribution in [1.82, 2.24) is 10.2 Å². The molecule has 136 valence electrons. The van der Waals surface area contributed by atoms with Gasteiger partial charge in [0.1, 0.15) is 0 Å². The first-order valence-corrected chi connectivity index (χ1v) is 8.84. The third-order valence-electron chi connectivity index (χ3n) is 3.76. The number of methoxy groups -OCH3 is 3. The second kappa shape index (κ2) is 9.17. The van der Waals surface area contributed by atoms with Crippen LogP contribution in [0.15, 0.2) is 29.6 Å². The topological polar surface area (TPSA) is 60.0 Å². The second-order valence-electron chi connectivity index (χ2n) is 5.29. The molecule has 0 aliphatic heterocycles. The van der Waals surface area contributed by atoms with E-state index >= 15 is 0 Å². The summed E-state index contributed by atoms with van der Waals surface area (Å²) < 4.78 is 16.0. The third kappa shape index (κ3) is 4.79. The number of urea groups is 1. The van der Waals surface area contributed by atoms with Crippen LogP contribution in [0.3, 0.4) is 0 Å². The molecule has 0 bridgehead atoms. The summed E-state index contributed by atoms with van der Waals surface area (Å²) in [6.45, 7) is 3.58. The Labute approximate surface area is 152 Å². The number of carbonyl (C=O) groups is 1. The molecule has 1 N–H and O–H groups in total. The molecule has 2 amide bonds. The molecule has 0 atom stereocenters. The predicted octanol–water partition coefficient (Wildman–Crippen LogP) is 3.51. The molecule has 0 saturated carbocycles. The molecule has 0 saturated heterocycles. The lowest BCUT2D eigenvalue weighted by Gasteiger charge is -2.21. The summed E-state index contributed by atoms with van der Waals surface area (Å²) in [5.74, 6) is 1.67. The fraction of sp³-hybridized carbons (Fsp3) is 0.389. The first-order valence-electron chi connectivity index (χ1n) is 7.96. The van der Waals surface area contributed by atoms with Gasteiger partial charge in [0.15, 0.2) is 11.5 Å². The Bertz CT molecular complexity index is 663. The summed E-state index contributed by atoms with van der Waals surface area (Å²) in [5.41, 5.74) is 0.870. The van der Waals surface area contributed by atoms with Gasteiger partial charge >= 0.3 is 6.03 Å². The number of thiophene rings is 1. The minimum Gasteiger partial charge on any atom is -0.493 e. The number of nitrogens with one attached hydrogen (secondary N) is 1. The summed E-state index contributed by atoms with van der Waals surface area (Å²) in [7, 11) is 4.70. The summed E-state index contributed by atoms with van der Waals surface area (Å²) in [6, 6.07) is 7.57. The lowest BCUT2D eigenvalue weighted by atomic mass is 10.2. The van der Waals surface area contributed by atoms with E-state index in [0.717, 1.165) is 10.4 Å². The average molecular weight is 364 g/mol. The van der Waals surface area contributed by atoms with Gasteiger partial charge in [0.2, 0.25) is 5.75 Å². The molecule has 1 aromatic carbocycles. The number of hydrogen-bond donors (Lipinski definition) is 1. The quantitative estimate of drug-likeness (QED) is 0.779. The number of nitrogens with zero attached hydrogens (tertiary/aromatic N) is 1. The number of rotatable bonds is 8. The maximum atomic E-state index is 12.4. The van der Waals surface area contributed by atoms with Crippen molar-refractivity contribution < 1.29 is 19.0 Å². The Morgan fingerprint density at radius 2 is 1.84 bits per heavy atom. The smallest absolute Gasteiger partial charge is 0.317 e. The largest absolute Gasteiger partial charge is 0.493 e. The van der Waals surface area contributed by atoms with Crippen LogP contribution in [-0.2, 0) is 13.1 Å². The Hall–Kier alpha value is -2.41. The van der Waals surface area contributed by atoms with Gasteiger partial charge in [-0.25, -0.2) is 4.79 Å². The van der Waals surface area contributed by atoms with E-state index < -0.39 is 0 Å². The summed E-state index contributed by atoms with van der Waals surface area (Å²) in [5, 5.41) is 4.95. The molecule has 7 heteroatoms. The minimum atomic E-state index is -0.107. The molecule has 1 heterocycles. The highest BCUT2D eigenvalue weighted by Gasteiger charge is 2.15. The maximum absolute atomic E-state index is 12.4. The second-order valence-corrected chi connectivity index (χ2v) is 6.32. The van der Waals surface area contributed by atoms with Crippen LogP contribution < -0.4 is 19.5 Å². The van der Waals surface area contributed by atoms with Crippen LogP contribution in [0, 0.1) is 0 Å². The van der Waals surface area contributed by atoms with Crippen LogP contribution in [0.25, 0.3) is 0 Å². The molecule has 0 aliphatic rings. The van der Waals surface area contributed by atoms with Crippen LogP contribution in [0.4, 0.5) is 4.79 Å². The zero-order valence-electron chi connectivity index (χ0n) is 15.0. The van der Waals surface area contributed by atoms with Gasteiger partial charge in [0.25, 0.3) is 0 Å². The Morgan fingerprint density at radius 1 is 1.16 bits per heavy atom. The van der Waals surface area contributed by atoms with Crippen LogP contribution in [0.5, 0.6) is 17.2 Å². The van der Waals surface area contributed by atoms with Crippen molar-refractivity contribution in [3.05, 3.63) is 40.1 Å². The molecule has 6 nitrogen and oxygen atoms in total. The zero-order chi connectivity index (χ0) is 18.2. The highest BCUT2D eigenvalue weighted by Crippen LogP contribution is 2.38. The van der Waals surface area contributed by atoms with Crippen molar-refractivity contribution in [2.24, 2.45) is 0 Å². The van der Waals surface area contributed by atoms with E-state index in [9.17, 15) is 4.79 Å². The molecule has 25 heavy (non-hydrogen) atoms. The molecule has 0 spiro atoms. The number of benzene rings is 1. The number of amides is 2. The standard InChI is InChI=1S/C18H24N2O4S/c1-5-20(12-14-7-6-8-25-14)18(21)19-11-13-9-15(22-2)17(24-4)16(10-13)23-3/h6-10H,5,11-12H2,1-4H3,(H,19,21). The molecular weight excluding hydrogens is 340 g/mol. The SMILES string of the molecule is CCN(Cc1cccs1)C(=O)NCc1cc(OC)c(OC)c(OC)c1. The average Bonchev–Trinajstić information content (AvgIpc) is 3.16. The van der Waals surface area contributed by atoms with Gasteiger partial charge in [-0.05, 0) is 36.1 Å². The van der Waals surface area contributed by atoms with E-state index in [1.165, 1.54) is 0 Å². The van der Waals surface area contributed by atoms with Crippen molar-refractivity contribution in [1.29, 1.82) is 0 Å². The first-order chi connectivity index (χ1) is 12.1. The first kappa shape index (κ1) is 18.9. The van der Waals surface area contributed by atoms with E-state index in [1.54, 1.807) is 37.6 Å². The fourth-order valence-electron chi connectivity index (χ4n) is 2.44. The van der Waals surface area contributed by atoms with E-state index in [2.05, 4.69) is 5.32 Å². The van der Waals surface area contributed by atoms with Gasteiger partial charge in [0, 0.05) is 18.0 Å². The summed E-state index contributed by atoms with van der Waals surface area (Å²) in [4.78, 5) is 15.4. The van der Waals surface area contributed by atoms with Crippen LogP contribution in [0.1, 0.15) is 17.4 Å². The van der Waals surface area contributed by atoms with Crippen molar-refractivity contribution in [3.8, 4) is 17.2 Å². The highest BCUT2D eigenvalue weighted by atomic mass is 32.1. The molecule has 0 radical (unpaired) electrons. The van der Waals surface area contributed by atoms with Crippen molar-refractivity contribution in [2.75, 3.05) is 27.9 Å². The fourth-order valence-corrected chi connectivity index (χ4v) is 3.16. The van der Waals surface area contributed by atoms with Gasteiger partial charge in [0.05, 0.1) is 27.9 Å². The van der Waals surface area contributed by atoms with Gasteiger partial charge < -0.3 is 24.4 Å². The molecule has 0 unspecified atom stereocenters. The lowest BCUT2D eigenvalue weighted by molar-refractivity contribution is 0.198. The van der Waals surface area contributed by atoms with Crippen molar-refractivity contribution >= 4 is 17.4 Å². The Morgan fingerprint density at radius 3 is 2.32 bits per heavy atom. The molecule has 0 aliphatic carbocycles. The normalized spacial score (nSPS) is 10.2. The molecule has 2 rings (SSSR count). The number of carbonyl (C=O) groups excluding carboxylic acids is 1. The molecule has 2 aromatic rings. The predicted molar refractivity (Wildman–Crippen MR) is 98.7 cm³/mol. The van der Waals surface area contributed by atoms with E-state index in [-0.39, 0.29) is 6.03 Å². The molecular formula is C18H24N2O4S. The monoisotopic (exact) mass is 364 g/mol. The minimum absolute atomic E-state index is 0.107. The van der Waals surface area contributed by atoms with Gasteiger partial charge in [-0.3, -0.25) is 0 Å². The summed E-state index contributed by atoms with van der Waals surface area (Å²) >= 11 is 1.64. The van der Waals surface area contributed by atoms with E-state index in [1.807, 2.05) is 36.6 Å². The lowest BCUT2D eigenvalue weighted by Crippen LogP contribution is -2.38. The van der Waals surface area contributed by atoms with Crippen LogP contribution >= 0.6 is 11.3 Å². The molecule has 0 fully saturated rings. The number of ether oxygens (including phenoxy) is 3. The van der Waals surface area contributed by atoms with Gasteiger partial charge in [-0.15, -0.1) is 11.3 Å². The van der Waals surface area contributed by atoms with Crippen molar-refractivity contribution in [3.63, 3.8) is 0 Å². The highest BCUT2D eigenvalue weighted by molar-refractivity contribution is 7.09.